The molecule has 6 rings (SSSR count). The summed E-state index contributed by atoms with van der Waals surface area (Å²) < 4.78 is 0. The van der Waals surface area contributed by atoms with Gasteiger partial charge in [0.25, 0.3) is 0 Å². The van der Waals surface area contributed by atoms with Crippen LogP contribution < -0.4 is 16.8 Å². The highest BCUT2D eigenvalue weighted by atomic mass is 16.2. The van der Waals surface area contributed by atoms with Gasteiger partial charge in [0.05, 0.1) is 18.0 Å². The molecular formula is C33H39N9O3. The number of amides is 3. The highest BCUT2D eigenvalue weighted by molar-refractivity contribution is 5.94. The fourth-order valence-electron chi connectivity index (χ4n) is 7.86. The molecule has 1 aromatic heterocycles. The quantitative estimate of drug-likeness (QED) is 0.283. The second-order valence-electron chi connectivity index (χ2n) is 12.6. The number of hydrogen-bond acceptors (Lipinski definition) is 8. The second kappa shape index (κ2) is 12.8. The molecule has 1 aliphatic heterocycles. The minimum Gasteiger partial charge on any atom is -0.366 e. The van der Waals surface area contributed by atoms with Gasteiger partial charge >= 0.3 is 0 Å². The van der Waals surface area contributed by atoms with E-state index in [-0.39, 0.29) is 24.4 Å². The van der Waals surface area contributed by atoms with Gasteiger partial charge in [-0.25, -0.2) is 5.10 Å². The fourth-order valence-corrected chi connectivity index (χ4v) is 7.86. The van der Waals surface area contributed by atoms with E-state index in [1.54, 1.807) is 17.0 Å². The van der Waals surface area contributed by atoms with E-state index in [0.29, 0.717) is 49.2 Å². The van der Waals surface area contributed by atoms with Gasteiger partial charge in [-0.2, -0.15) is 5.26 Å². The van der Waals surface area contributed by atoms with Gasteiger partial charge in [0.2, 0.25) is 17.7 Å². The number of nitrogens with zero attached hydrogens (tertiary/aromatic N) is 5. The van der Waals surface area contributed by atoms with Crippen molar-refractivity contribution in [1.29, 1.82) is 5.26 Å². The van der Waals surface area contributed by atoms with E-state index in [4.69, 9.17) is 11.5 Å². The number of primary amides is 2. The number of H-pyrrole nitrogens is 1. The number of carbonyl (C=O) groups excluding carboxylic acids is 3. The Bertz CT molecular complexity index is 1560. The molecule has 2 heterocycles. The first-order chi connectivity index (χ1) is 21.8. The third kappa shape index (κ3) is 5.80. The molecule has 0 bridgehead atoms. The SMILES string of the molecule is N#CC1CCCN1C(=O)CN[C@@H](CC1(c2nnn[nH]2)c2ccc(C(N)=O)cc2CCc2cc(C(N)=O)ccc21)C1CCCCC1. The molecule has 2 aliphatic carbocycles. The van der Waals surface area contributed by atoms with Gasteiger partial charge in [0.15, 0.2) is 5.82 Å². The Morgan fingerprint density at radius 2 is 1.62 bits per heavy atom. The van der Waals surface area contributed by atoms with Crippen molar-refractivity contribution in [2.24, 2.45) is 17.4 Å². The molecule has 45 heavy (non-hydrogen) atoms. The van der Waals surface area contributed by atoms with Gasteiger partial charge in [-0.15, -0.1) is 5.10 Å². The van der Waals surface area contributed by atoms with Gasteiger partial charge in [-0.3, -0.25) is 14.4 Å². The molecule has 2 atom stereocenters. The third-order valence-corrected chi connectivity index (χ3v) is 10.1. The number of fused-ring (bicyclic) bond motifs is 2. The number of aryl methyl sites for hydroxylation is 2. The van der Waals surface area contributed by atoms with Crippen LogP contribution in [-0.2, 0) is 23.1 Å². The first-order valence-electron chi connectivity index (χ1n) is 15.8. The summed E-state index contributed by atoms with van der Waals surface area (Å²) in [5.41, 5.74) is 15.1. The summed E-state index contributed by atoms with van der Waals surface area (Å²) in [5.74, 6) is -0.284. The third-order valence-electron chi connectivity index (χ3n) is 10.1. The summed E-state index contributed by atoms with van der Waals surface area (Å²) in [7, 11) is 0. The smallest absolute Gasteiger partial charge is 0.248 e. The molecular weight excluding hydrogens is 570 g/mol. The van der Waals surface area contributed by atoms with Gasteiger partial charge in [0.1, 0.15) is 6.04 Å². The molecule has 2 fully saturated rings. The van der Waals surface area contributed by atoms with Crippen molar-refractivity contribution in [3.63, 3.8) is 0 Å². The molecule has 2 aromatic carbocycles. The highest BCUT2D eigenvalue weighted by Gasteiger charge is 2.47. The van der Waals surface area contributed by atoms with Crippen molar-refractivity contribution in [1.82, 2.24) is 30.8 Å². The predicted molar refractivity (Wildman–Crippen MR) is 165 cm³/mol. The van der Waals surface area contributed by atoms with E-state index < -0.39 is 23.3 Å². The Morgan fingerprint density at radius 1 is 0.978 bits per heavy atom. The van der Waals surface area contributed by atoms with Gasteiger partial charge in [-0.1, -0.05) is 31.4 Å². The molecule has 0 spiro atoms. The number of tetrazole rings is 1. The summed E-state index contributed by atoms with van der Waals surface area (Å²) in [6, 6.07) is 12.8. The monoisotopic (exact) mass is 609 g/mol. The lowest BCUT2D eigenvalue weighted by atomic mass is 9.65. The lowest BCUT2D eigenvalue weighted by molar-refractivity contribution is -0.130. The summed E-state index contributed by atoms with van der Waals surface area (Å²) in [6.07, 6.45) is 8.64. The number of aromatic nitrogens is 4. The molecule has 1 saturated heterocycles. The van der Waals surface area contributed by atoms with Crippen LogP contribution in [0.3, 0.4) is 0 Å². The Kier molecular flexibility index (Phi) is 8.63. The number of likely N-dealkylation sites (tertiary alicyclic amines) is 1. The number of nitrogens with one attached hydrogen (secondary N) is 2. The average molecular weight is 610 g/mol. The van der Waals surface area contributed by atoms with Crippen LogP contribution in [-0.4, -0.2) is 68.4 Å². The summed E-state index contributed by atoms with van der Waals surface area (Å²) >= 11 is 0. The van der Waals surface area contributed by atoms with Crippen LogP contribution in [0.4, 0.5) is 0 Å². The van der Waals surface area contributed by atoms with Gasteiger partial charge in [0, 0.05) is 23.7 Å². The fraction of sp³-hybridized carbons (Fsp3) is 0.485. The van der Waals surface area contributed by atoms with Crippen LogP contribution in [0.1, 0.15) is 100 Å². The minimum absolute atomic E-state index is 0.0749. The second-order valence-corrected chi connectivity index (χ2v) is 12.6. The average Bonchev–Trinajstić information content (AvgIpc) is 3.75. The molecule has 234 valence electrons. The van der Waals surface area contributed by atoms with Crippen LogP contribution in [0.5, 0.6) is 0 Å². The molecule has 3 amide bonds. The zero-order valence-electron chi connectivity index (χ0n) is 25.3. The number of nitrogens with two attached hydrogens (primary N) is 2. The van der Waals surface area contributed by atoms with Crippen molar-refractivity contribution in [2.45, 2.75) is 81.7 Å². The Hall–Kier alpha value is -4.63. The van der Waals surface area contributed by atoms with E-state index in [9.17, 15) is 19.6 Å². The first kappa shape index (κ1) is 30.4. The number of hydrogen-bond donors (Lipinski definition) is 4. The molecule has 3 aliphatic rings. The molecule has 1 unspecified atom stereocenters. The topological polar surface area (TPSA) is 197 Å². The molecule has 12 heteroatoms. The van der Waals surface area contributed by atoms with Crippen LogP contribution in [0, 0.1) is 17.2 Å². The van der Waals surface area contributed by atoms with Crippen LogP contribution >= 0.6 is 0 Å². The van der Waals surface area contributed by atoms with Crippen LogP contribution in [0.2, 0.25) is 0 Å². The van der Waals surface area contributed by atoms with E-state index >= 15 is 0 Å². The lowest BCUT2D eigenvalue weighted by Crippen LogP contribution is -2.49. The Morgan fingerprint density at radius 3 is 2.18 bits per heavy atom. The van der Waals surface area contributed by atoms with E-state index in [1.807, 2.05) is 24.3 Å². The standard InChI is InChI=1S/C33H39N9O3/c34-18-25-7-4-14-42(25)29(43)19-37-28(20-5-2-1-3-6-20)17-33(32-38-40-41-39-32)26-12-10-23(30(35)44)15-21(26)8-9-22-16-24(31(36)45)11-13-27(22)33/h10-13,15-16,20,25,28,37H,1-9,14,17,19H2,(H2,35,44)(H2,36,45)(H,38,39,40,41)/t25?,28-/m0/s1. The van der Waals surface area contributed by atoms with Gasteiger partial charge in [-0.05, 0) is 108 Å². The summed E-state index contributed by atoms with van der Waals surface area (Å²) in [6.45, 7) is 0.705. The molecule has 6 N–H and O–H groups in total. The summed E-state index contributed by atoms with van der Waals surface area (Å²) in [4.78, 5) is 39.6. The van der Waals surface area contributed by atoms with Crippen molar-refractivity contribution in [3.05, 3.63) is 75.6 Å². The maximum Gasteiger partial charge on any atom is 0.248 e. The number of carbonyl (C=O) groups is 3. The van der Waals surface area contributed by atoms with Crippen LogP contribution in [0.25, 0.3) is 0 Å². The molecule has 12 nitrogen and oxygen atoms in total. The zero-order chi connectivity index (χ0) is 31.6. The summed E-state index contributed by atoms with van der Waals surface area (Å²) in [5, 5.41) is 28.8. The van der Waals surface area contributed by atoms with Crippen molar-refractivity contribution < 1.29 is 14.4 Å². The lowest BCUT2D eigenvalue weighted by Gasteiger charge is -2.41. The number of benzene rings is 2. The highest BCUT2D eigenvalue weighted by Crippen LogP contribution is 2.48. The first-order valence-corrected chi connectivity index (χ1v) is 15.8. The minimum atomic E-state index is -0.919. The van der Waals surface area contributed by atoms with Crippen molar-refractivity contribution in [2.75, 3.05) is 13.1 Å². The number of aromatic amines is 1. The molecule has 1 saturated carbocycles. The molecule has 0 radical (unpaired) electrons. The van der Waals surface area contributed by atoms with Crippen molar-refractivity contribution >= 4 is 17.7 Å². The largest absolute Gasteiger partial charge is 0.366 e. The normalized spacial score (nSPS) is 20.0. The molecule has 3 aromatic rings. The Balaban J connectivity index is 1.49. The van der Waals surface area contributed by atoms with Crippen LogP contribution in [0.15, 0.2) is 36.4 Å². The maximum absolute atomic E-state index is 13.4. The van der Waals surface area contributed by atoms with E-state index in [2.05, 4.69) is 32.0 Å². The Labute approximate surface area is 261 Å². The number of nitriles is 1. The van der Waals surface area contributed by atoms with Crippen molar-refractivity contribution in [3.8, 4) is 6.07 Å². The number of rotatable bonds is 9. The predicted octanol–water partition coefficient (Wildman–Crippen LogP) is 2.27. The maximum atomic E-state index is 13.4. The zero-order valence-corrected chi connectivity index (χ0v) is 25.3. The van der Waals surface area contributed by atoms with Gasteiger partial charge < -0.3 is 21.7 Å². The van der Waals surface area contributed by atoms with E-state index in [0.717, 1.165) is 54.4 Å². The van der Waals surface area contributed by atoms with E-state index in [1.165, 1.54) is 6.42 Å².